The number of aryl methyl sites for hydroxylation is 1. The predicted octanol–water partition coefficient (Wildman–Crippen LogP) is 1.66. The van der Waals surface area contributed by atoms with E-state index in [-0.39, 0.29) is 12.1 Å². The highest BCUT2D eigenvalue weighted by Crippen LogP contribution is 2.23. The summed E-state index contributed by atoms with van der Waals surface area (Å²) in [7, 11) is 1.30. The van der Waals surface area contributed by atoms with Gasteiger partial charge >= 0.3 is 5.97 Å². The zero-order valence-corrected chi connectivity index (χ0v) is 11.9. The maximum absolute atomic E-state index is 12.3. The van der Waals surface area contributed by atoms with Crippen LogP contribution in [0.15, 0.2) is 15.3 Å². The first-order valence-corrected chi connectivity index (χ1v) is 7.28. The molecule has 0 amide bonds. The first-order chi connectivity index (χ1) is 8.58. The Morgan fingerprint density at radius 1 is 1.61 bits per heavy atom. The van der Waals surface area contributed by atoms with Crippen molar-refractivity contribution in [1.29, 1.82) is 0 Å². The van der Waals surface area contributed by atoms with Crippen LogP contribution in [0.5, 0.6) is 0 Å². The zero-order valence-electron chi connectivity index (χ0n) is 10.2. The topological polar surface area (TPSA) is 61.2 Å². The summed E-state index contributed by atoms with van der Waals surface area (Å²) in [6, 6.07) is 0. The highest BCUT2D eigenvalue weighted by atomic mass is 32.2. The molecular weight excluding hydrogens is 272 g/mol. The molecule has 2 aromatic rings. The Labute approximate surface area is 112 Å². The number of fused-ring (bicyclic) bond motifs is 1. The van der Waals surface area contributed by atoms with E-state index < -0.39 is 5.97 Å². The smallest absolute Gasteiger partial charge is 0.325 e. The summed E-state index contributed by atoms with van der Waals surface area (Å²) in [6.45, 7) is 1.81. The van der Waals surface area contributed by atoms with E-state index in [0.29, 0.717) is 9.86 Å². The number of esters is 1. The molecule has 0 bridgehead atoms. The number of carbonyl (C=O) groups excluding carboxylic acids is 1. The lowest BCUT2D eigenvalue weighted by Crippen LogP contribution is -2.26. The molecule has 18 heavy (non-hydrogen) atoms. The third-order valence-electron chi connectivity index (χ3n) is 2.52. The van der Waals surface area contributed by atoms with Crippen molar-refractivity contribution < 1.29 is 9.53 Å². The maximum Gasteiger partial charge on any atom is 0.325 e. The molecule has 2 rings (SSSR count). The second-order valence-electron chi connectivity index (χ2n) is 3.66. The maximum atomic E-state index is 12.3. The molecule has 96 valence electrons. The predicted molar refractivity (Wildman–Crippen MR) is 72.4 cm³/mol. The molecule has 0 aromatic carbocycles. The Bertz CT molecular complexity index is 660. The lowest BCUT2D eigenvalue weighted by Gasteiger charge is -2.09. The molecule has 0 aliphatic rings. The van der Waals surface area contributed by atoms with E-state index >= 15 is 0 Å². The van der Waals surface area contributed by atoms with Crippen molar-refractivity contribution in [2.75, 3.05) is 13.4 Å². The van der Waals surface area contributed by atoms with Gasteiger partial charge in [0.25, 0.3) is 5.56 Å². The first-order valence-electron chi connectivity index (χ1n) is 5.18. The van der Waals surface area contributed by atoms with Gasteiger partial charge in [-0.15, -0.1) is 11.3 Å². The fourth-order valence-electron chi connectivity index (χ4n) is 1.58. The monoisotopic (exact) mass is 284 g/mol. The summed E-state index contributed by atoms with van der Waals surface area (Å²) in [5.41, 5.74) is 1.51. The molecular formula is C11H12N2O3S2. The number of carbonyl (C=O) groups is 1. The Kier molecular flexibility index (Phi) is 3.72. The number of hydrogen-bond donors (Lipinski definition) is 0. The van der Waals surface area contributed by atoms with E-state index in [0.717, 1.165) is 11.1 Å². The van der Waals surface area contributed by atoms with Crippen molar-refractivity contribution in [2.45, 2.75) is 18.6 Å². The van der Waals surface area contributed by atoms with Crippen LogP contribution in [-0.4, -0.2) is 28.9 Å². The molecule has 0 spiro atoms. The highest BCUT2D eigenvalue weighted by Gasteiger charge is 2.15. The van der Waals surface area contributed by atoms with Gasteiger partial charge in [0, 0.05) is 0 Å². The molecule has 0 fully saturated rings. The third-order valence-corrected chi connectivity index (χ3v) is 4.27. The summed E-state index contributed by atoms with van der Waals surface area (Å²) < 4.78 is 6.53. The molecule has 7 heteroatoms. The van der Waals surface area contributed by atoms with E-state index in [1.54, 1.807) is 0 Å². The van der Waals surface area contributed by atoms with Crippen LogP contribution < -0.4 is 5.56 Å². The number of rotatable bonds is 3. The SMILES string of the molecule is COC(=O)Cn1c(SC)nc2c(C)csc2c1=O. The Balaban J connectivity index is 2.67. The number of thiophene rings is 1. The Hall–Kier alpha value is -1.34. The number of aromatic nitrogens is 2. The quantitative estimate of drug-likeness (QED) is 0.487. The van der Waals surface area contributed by atoms with Crippen molar-refractivity contribution in [1.82, 2.24) is 9.55 Å². The summed E-state index contributed by atoms with van der Waals surface area (Å²) in [5.74, 6) is -0.457. The fraction of sp³-hybridized carbons (Fsp3) is 0.364. The number of methoxy groups -OCH3 is 1. The van der Waals surface area contributed by atoms with Gasteiger partial charge < -0.3 is 4.74 Å². The summed E-state index contributed by atoms with van der Waals surface area (Å²) in [6.07, 6.45) is 1.82. The van der Waals surface area contributed by atoms with Gasteiger partial charge in [0.1, 0.15) is 11.2 Å². The minimum Gasteiger partial charge on any atom is -0.468 e. The Morgan fingerprint density at radius 3 is 2.94 bits per heavy atom. The van der Waals surface area contributed by atoms with Gasteiger partial charge in [-0.2, -0.15) is 0 Å². The zero-order chi connectivity index (χ0) is 13.3. The van der Waals surface area contributed by atoms with Crippen molar-refractivity contribution in [3.63, 3.8) is 0 Å². The third kappa shape index (κ3) is 2.15. The molecule has 0 saturated carbocycles. The standard InChI is InChI=1S/C11H12N2O3S2/c1-6-5-18-9-8(6)12-11(17-3)13(10(9)15)4-7(14)16-2/h5H,4H2,1-3H3. The lowest BCUT2D eigenvalue weighted by atomic mass is 10.3. The average molecular weight is 284 g/mol. The van der Waals surface area contributed by atoms with E-state index in [9.17, 15) is 9.59 Å². The fourth-order valence-corrected chi connectivity index (χ4v) is 3.07. The molecule has 0 aliphatic carbocycles. The molecule has 0 unspecified atom stereocenters. The molecule has 0 N–H and O–H groups in total. The average Bonchev–Trinajstić information content (AvgIpc) is 2.74. The van der Waals surface area contributed by atoms with Crippen LogP contribution in [0.2, 0.25) is 0 Å². The van der Waals surface area contributed by atoms with Gasteiger partial charge in [-0.05, 0) is 24.1 Å². The summed E-state index contributed by atoms with van der Waals surface area (Å²) in [5, 5.41) is 2.42. The molecule has 2 aromatic heterocycles. The van der Waals surface area contributed by atoms with Crippen LogP contribution in [0.25, 0.3) is 10.2 Å². The minimum absolute atomic E-state index is 0.106. The van der Waals surface area contributed by atoms with E-state index in [4.69, 9.17) is 0 Å². The molecule has 0 aliphatic heterocycles. The van der Waals surface area contributed by atoms with Gasteiger partial charge in [-0.1, -0.05) is 11.8 Å². The molecule has 5 nitrogen and oxygen atoms in total. The number of thioether (sulfide) groups is 1. The van der Waals surface area contributed by atoms with Gasteiger partial charge in [-0.3, -0.25) is 14.2 Å². The largest absolute Gasteiger partial charge is 0.468 e. The van der Waals surface area contributed by atoms with Crippen LogP contribution in [0.3, 0.4) is 0 Å². The van der Waals surface area contributed by atoms with Crippen LogP contribution in [-0.2, 0) is 16.1 Å². The van der Waals surface area contributed by atoms with E-state index in [2.05, 4.69) is 9.72 Å². The van der Waals surface area contributed by atoms with E-state index in [1.165, 1.54) is 34.8 Å². The molecule has 0 atom stereocenters. The number of nitrogens with zero attached hydrogens (tertiary/aromatic N) is 2. The van der Waals surface area contributed by atoms with Crippen LogP contribution in [0.1, 0.15) is 5.56 Å². The van der Waals surface area contributed by atoms with Crippen molar-refractivity contribution in [3.05, 3.63) is 21.3 Å². The first kappa shape index (κ1) is 13.1. The van der Waals surface area contributed by atoms with Crippen LogP contribution >= 0.6 is 23.1 Å². The van der Waals surface area contributed by atoms with Gasteiger partial charge in [0.05, 0.1) is 12.6 Å². The second-order valence-corrected chi connectivity index (χ2v) is 5.32. The Morgan fingerprint density at radius 2 is 2.33 bits per heavy atom. The van der Waals surface area contributed by atoms with Gasteiger partial charge in [0.2, 0.25) is 0 Å². The van der Waals surface area contributed by atoms with Crippen LogP contribution in [0.4, 0.5) is 0 Å². The number of ether oxygens (including phenoxy) is 1. The second kappa shape index (κ2) is 5.11. The van der Waals surface area contributed by atoms with Crippen molar-refractivity contribution >= 4 is 39.3 Å². The van der Waals surface area contributed by atoms with Crippen LogP contribution in [0, 0.1) is 6.92 Å². The van der Waals surface area contributed by atoms with Gasteiger partial charge in [0.15, 0.2) is 5.16 Å². The van der Waals surface area contributed by atoms with Crippen molar-refractivity contribution in [3.8, 4) is 0 Å². The van der Waals surface area contributed by atoms with E-state index in [1.807, 2.05) is 18.6 Å². The molecule has 0 saturated heterocycles. The molecule has 2 heterocycles. The van der Waals surface area contributed by atoms with Gasteiger partial charge in [-0.25, -0.2) is 4.98 Å². The highest BCUT2D eigenvalue weighted by molar-refractivity contribution is 7.98. The normalized spacial score (nSPS) is 10.8. The summed E-state index contributed by atoms with van der Waals surface area (Å²) in [4.78, 5) is 28.0. The lowest BCUT2D eigenvalue weighted by molar-refractivity contribution is -0.141. The number of hydrogen-bond acceptors (Lipinski definition) is 6. The van der Waals surface area contributed by atoms with Crippen molar-refractivity contribution in [2.24, 2.45) is 0 Å². The minimum atomic E-state index is -0.457. The summed E-state index contributed by atoms with van der Waals surface area (Å²) >= 11 is 2.69. The molecule has 0 radical (unpaired) electrons.